The highest BCUT2D eigenvalue weighted by atomic mass is 32.1. The Morgan fingerprint density at radius 1 is 1.14 bits per heavy atom. The van der Waals surface area contributed by atoms with E-state index in [9.17, 15) is 29.3 Å². The Balaban J connectivity index is 1.65. The third-order valence-electron chi connectivity index (χ3n) is 5.33. The van der Waals surface area contributed by atoms with Crippen molar-refractivity contribution in [2.75, 3.05) is 4.90 Å². The Kier molecular flexibility index (Phi) is 6.69. The molecule has 10 nitrogen and oxygen atoms in total. The summed E-state index contributed by atoms with van der Waals surface area (Å²) in [5.41, 5.74) is 0.0627. The number of imide groups is 1. The molecule has 3 aromatic rings. The predicted molar refractivity (Wildman–Crippen MR) is 126 cm³/mol. The summed E-state index contributed by atoms with van der Waals surface area (Å²) in [7, 11) is 0. The number of hydrogen-bond donors (Lipinski definition) is 0. The molecule has 35 heavy (non-hydrogen) atoms. The number of ether oxygens (including phenoxy) is 1. The monoisotopic (exact) mass is 493 g/mol. The second-order valence-corrected chi connectivity index (χ2v) is 8.73. The molecular weight excluding hydrogens is 474 g/mol. The molecule has 1 saturated heterocycles. The van der Waals surface area contributed by atoms with Crippen LogP contribution in [0.3, 0.4) is 0 Å². The van der Waals surface area contributed by atoms with Crippen molar-refractivity contribution in [2.45, 2.75) is 25.9 Å². The third-order valence-corrected chi connectivity index (χ3v) is 6.19. The molecule has 0 bridgehead atoms. The van der Waals surface area contributed by atoms with E-state index < -0.39 is 34.7 Å². The highest BCUT2D eigenvalue weighted by Crippen LogP contribution is 2.30. The average molecular weight is 493 g/mol. The van der Waals surface area contributed by atoms with E-state index in [0.717, 1.165) is 15.8 Å². The first-order valence-corrected chi connectivity index (χ1v) is 11.4. The largest absolute Gasteiger partial charge is 0.427 e. The first kappa shape index (κ1) is 23.8. The zero-order valence-electron chi connectivity index (χ0n) is 18.5. The molecule has 1 atom stereocenters. The standard InChI is InChI=1S/C24H19N3O7S/c1-15(28)34-19-9-7-17(8-10-19)26-22(29)13-21(24(26)31)25(14-20-6-3-11-35-20)23(30)16-4-2-5-18(12-16)27(32)33/h2-12,21H,13-14H2,1H3. The molecular formula is C24H19N3O7S. The molecule has 2 aromatic carbocycles. The molecule has 11 heteroatoms. The number of anilines is 1. The molecule has 0 radical (unpaired) electrons. The summed E-state index contributed by atoms with van der Waals surface area (Å²) in [5, 5.41) is 13.0. The van der Waals surface area contributed by atoms with Gasteiger partial charge in [0.1, 0.15) is 11.8 Å². The van der Waals surface area contributed by atoms with Gasteiger partial charge in [0.25, 0.3) is 17.5 Å². The second kappa shape index (κ2) is 9.85. The van der Waals surface area contributed by atoms with Gasteiger partial charge in [-0.05, 0) is 41.8 Å². The first-order chi connectivity index (χ1) is 16.7. The average Bonchev–Trinajstić information content (AvgIpc) is 3.45. The minimum atomic E-state index is -1.09. The Morgan fingerprint density at radius 2 is 1.89 bits per heavy atom. The van der Waals surface area contributed by atoms with E-state index in [2.05, 4.69) is 0 Å². The van der Waals surface area contributed by atoms with E-state index in [-0.39, 0.29) is 35.7 Å². The van der Waals surface area contributed by atoms with Crippen LogP contribution < -0.4 is 9.64 Å². The fourth-order valence-corrected chi connectivity index (χ4v) is 4.47. The van der Waals surface area contributed by atoms with Crippen LogP contribution in [0.2, 0.25) is 0 Å². The van der Waals surface area contributed by atoms with Gasteiger partial charge < -0.3 is 9.64 Å². The maximum atomic E-state index is 13.5. The van der Waals surface area contributed by atoms with Gasteiger partial charge in [0.2, 0.25) is 5.91 Å². The van der Waals surface area contributed by atoms with E-state index in [4.69, 9.17) is 4.74 Å². The van der Waals surface area contributed by atoms with E-state index in [1.54, 1.807) is 12.1 Å². The van der Waals surface area contributed by atoms with E-state index in [1.165, 1.54) is 65.6 Å². The topological polar surface area (TPSA) is 127 Å². The maximum absolute atomic E-state index is 13.5. The Bertz CT molecular complexity index is 1300. The number of benzene rings is 2. The van der Waals surface area contributed by atoms with Crippen LogP contribution in [0.4, 0.5) is 11.4 Å². The fourth-order valence-electron chi connectivity index (χ4n) is 3.77. The van der Waals surface area contributed by atoms with Gasteiger partial charge in [-0.15, -0.1) is 11.3 Å². The Morgan fingerprint density at radius 3 is 2.51 bits per heavy atom. The van der Waals surface area contributed by atoms with Gasteiger partial charge in [-0.1, -0.05) is 12.1 Å². The van der Waals surface area contributed by atoms with Crippen LogP contribution in [-0.4, -0.2) is 39.6 Å². The molecule has 4 rings (SSSR count). The molecule has 2 heterocycles. The molecule has 0 N–H and O–H groups in total. The van der Waals surface area contributed by atoms with Crippen LogP contribution in [0.25, 0.3) is 0 Å². The predicted octanol–water partition coefficient (Wildman–Crippen LogP) is 3.56. The van der Waals surface area contributed by atoms with Gasteiger partial charge in [0.15, 0.2) is 0 Å². The Hall–Kier alpha value is -4.38. The van der Waals surface area contributed by atoms with Crippen molar-refractivity contribution in [3.05, 3.63) is 86.6 Å². The zero-order chi connectivity index (χ0) is 25.1. The number of nitrogens with zero attached hydrogens (tertiary/aromatic N) is 3. The van der Waals surface area contributed by atoms with Crippen LogP contribution in [0.5, 0.6) is 5.75 Å². The lowest BCUT2D eigenvalue weighted by Gasteiger charge is -2.27. The maximum Gasteiger partial charge on any atom is 0.308 e. The van der Waals surface area contributed by atoms with Gasteiger partial charge in [-0.2, -0.15) is 0 Å². The van der Waals surface area contributed by atoms with Gasteiger partial charge in [-0.3, -0.25) is 29.3 Å². The number of esters is 1. The van der Waals surface area contributed by atoms with Crippen molar-refractivity contribution in [1.29, 1.82) is 0 Å². The quantitative estimate of drug-likeness (QED) is 0.162. The summed E-state index contributed by atoms with van der Waals surface area (Å²) in [5.74, 6) is -1.93. The summed E-state index contributed by atoms with van der Waals surface area (Å²) < 4.78 is 4.98. The highest BCUT2D eigenvalue weighted by molar-refractivity contribution is 7.09. The van der Waals surface area contributed by atoms with Gasteiger partial charge in [0.05, 0.1) is 23.6 Å². The summed E-state index contributed by atoms with van der Waals surface area (Å²) >= 11 is 1.38. The third kappa shape index (κ3) is 5.09. The number of thiophene rings is 1. The summed E-state index contributed by atoms with van der Waals surface area (Å²) in [6.07, 6.45) is -0.240. The lowest BCUT2D eigenvalue weighted by Crippen LogP contribution is -2.45. The molecule has 1 aliphatic rings. The van der Waals surface area contributed by atoms with Crippen LogP contribution >= 0.6 is 11.3 Å². The van der Waals surface area contributed by atoms with E-state index >= 15 is 0 Å². The lowest BCUT2D eigenvalue weighted by atomic mass is 10.1. The summed E-state index contributed by atoms with van der Waals surface area (Å²) in [6, 6.07) is 13.6. The number of carbonyl (C=O) groups excluding carboxylic acids is 4. The molecule has 0 aliphatic carbocycles. The number of hydrogen-bond acceptors (Lipinski definition) is 8. The van der Waals surface area contributed by atoms with Crippen molar-refractivity contribution < 1.29 is 28.8 Å². The number of nitro benzene ring substituents is 1. The molecule has 0 saturated carbocycles. The minimum absolute atomic E-state index is 0.0418. The second-order valence-electron chi connectivity index (χ2n) is 7.69. The first-order valence-electron chi connectivity index (χ1n) is 10.5. The van der Waals surface area contributed by atoms with E-state index in [0.29, 0.717) is 0 Å². The Labute approximate surface area is 203 Å². The molecule has 3 amide bonds. The van der Waals surface area contributed by atoms with Gasteiger partial charge in [0, 0.05) is 29.5 Å². The lowest BCUT2D eigenvalue weighted by molar-refractivity contribution is -0.384. The van der Waals surface area contributed by atoms with Crippen LogP contribution in [-0.2, 0) is 20.9 Å². The number of non-ortho nitro benzene ring substituents is 1. The van der Waals surface area contributed by atoms with E-state index in [1.807, 2.05) is 5.38 Å². The molecule has 1 aromatic heterocycles. The van der Waals surface area contributed by atoms with Crippen molar-refractivity contribution >= 4 is 46.4 Å². The summed E-state index contributed by atoms with van der Waals surface area (Å²) in [4.78, 5) is 64.5. The normalized spacial score (nSPS) is 15.2. The number of amides is 3. The van der Waals surface area contributed by atoms with Gasteiger partial charge in [-0.25, -0.2) is 4.90 Å². The number of rotatable bonds is 7. The molecule has 1 aliphatic heterocycles. The molecule has 0 spiro atoms. The fraction of sp³-hybridized carbons (Fsp3) is 0.167. The van der Waals surface area contributed by atoms with Crippen molar-refractivity contribution in [2.24, 2.45) is 0 Å². The van der Waals surface area contributed by atoms with Gasteiger partial charge >= 0.3 is 5.97 Å². The van der Waals surface area contributed by atoms with Crippen molar-refractivity contribution in [1.82, 2.24) is 4.90 Å². The van der Waals surface area contributed by atoms with Crippen LogP contribution in [0.15, 0.2) is 66.0 Å². The minimum Gasteiger partial charge on any atom is -0.427 e. The molecule has 1 unspecified atom stereocenters. The molecule has 178 valence electrons. The number of carbonyl (C=O) groups is 4. The van der Waals surface area contributed by atoms with Crippen molar-refractivity contribution in [3.63, 3.8) is 0 Å². The molecule has 1 fully saturated rings. The van der Waals surface area contributed by atoms with Crippen molar-refractivity contribution in [3.8, 4) is 5.75 Å². The number of nitro groups is 1. The smallest absolute Gasteiger partial charge is 0.308 e. The highest BCUT2D eigenvalue weighted by Gasteiger charge is 2.44. The zero-order valence-corrected chi connectivity index (χ0v) is 19.3. The summed E-state index contributed by atoms with van der Waals surface area (Å²) in [6.45, 7) is 1.31. The van der Waals surface area contributed by atoms with Crippen LogP contribution in [0, 0.1) is 10.1 Å². The van der Waals surface area contributed by atoms with Crippen LogP contribution in [0.1, 0.15) is 28.6 Å². The SMILES string of the molecule is CC(=O)Oc1ccc(N2C(=O)CC(N(Cc3cccs3)C(=O)c3cccc([N+](=O)[O-])c3)C2=O)cc1.